The SMILES string of the molecule is O=C(Sc1nnc(SC(=O)c2ccccc2)s1)c1ccccc1. The van der Waals surface area contributed by atoms with Crippen molar-refractivity contribution in [1.82, 2.24) is 10.2 Å². The first-order chi connectivity index (χ1) is 11.2. The molecule has 114 valence electrons. The van der Waals surface area contributed by atoms with Crippen LogP contribution in [0.2, 0.25) is 0 Å². The summed E-state index contributed by atoms with van der Waals surface area (Å²) >= 11 is 3.28. The first-order valence-electron chi connectivity index (χ1n) is 6.60. The molecule has 0 saturated carbocycles. The third kappa shape index (κ3) is 4.28. The lowest BCUT2D eigenvalue weighted by molar-refractivity contribution is 0.108. The van der Waals surface area contributed by atoms with E-state index in [1.165, 1.54) is 11.3 Å². The van der Waals surface area contributed by atoms with Crippen LogP contribution in [0.1, 0.15) is 20.7 Å². The highest BCUT2D eigenvalue weighted by atomic mass is 32.2. The molecule has 2 aromatic carbocycles. The molecule has 3 aromatic rings. The number of carbonyl (C=O) groups is 2. The maximum atomic E-state index is 12.1. The Labute approximate surface area is 145 Å². The fourth-order valence-corrected chi connectivity index (χ4v) is 4.42. The van der Waals surface area contributed by atoms with E-state index >= 15 is 0 Å². The van der Waals surface area contributed by atoms with Gasteiger partial charge in [-0.05, 0) is 23.5 Å². The molecule has 3 rings (SSSR count). The van der Waals surface area contributed by atoms with Crippen LogP contribution in [-0.4, -0.2) is 20.4 Å². The molecule has 0 spiro atoms. The number of aromatic nitrogens is 2. The summed E-state index contributed by atoms with van der Waals surface area (Å²) in [7, 11) is 0. The van der Waals surface area contributed by atoms with Gasteiger partial charge in [0.2, 0.25) is 10.2 Å². The van der Waals surface area contributed by atoms with Crippen molar-refractivity contribution in [2.45, 2.75) is 8.68 Å². The average molecular weight is 358 g/mol. The van der Waals surface area contributed by atoms with E-state index in [9.17, 15) is 9.59 Å². The predicted molar refractivity (Wildman–Crippen MR) is 93.2 cm³/mol. The number of carbonyl (C=O) groups excluding carboxylic acids is 2. The minimum atomic E-state index is -0.0901. The van der Waals surface area contributed by atoms with Crippen molar-refractivity contribution < 1.29 is 9.59 Å². The smallest absolute Gasteiger partial charge is 0.226 e. The zero-order chi connectivity index (χ0) is 16.1. The first kappa shape index (κ1) is 15.9. The van der Waals surface area contributed by atoms with Gasteiger partial charge in [0, 0.05) is 11.1 Å². The Morgan fingerprint density at radius 1 is 0.696 bits per heavy atom. The summed E-state index contributed by atoms with van der Waals surface area (Å²) in [4.78, 5) is 24.2. The predicted octanol–water partition coefficient (Wildman–Crippen LogP) is 4.40. The number of rotatable bonds is 4. The number of thioether (sulfide) groups is 2. The summed E-state index contributed by atoms with van der Waals surface area (Å²) in [6, 6.07) is 18.0. The molecule has 0 N–H and O–H groups in total. The Morgan fingerprint density at radius 3 is 1.48 bits per heavy atom. The summed E-state index contributed by atoms with van der Waals surface area (Å²) < 4.78 is 1.06. The number of benzene rings is 2. The zero-order valence-electron chi connectivity index (χ0n) is 11.7. The largest absolute Gasteiger partial charge is 0.281 e. The van der Waals surface area contributed by atoms with E-state index in [4.69, 9.17) is 0 Å². The minimum absolute atomic E-state index is 0.0901. The Balaban J connectivity index is 1.64. The van der Waals surface area contributed by atoms with Gasteiger partial charge >= 0.3 is 0 Å². The average Bonchev–Trinajstić information content (AvgIpc) is 3.03. The van der Waals surface area contributed by atoms with Gasteiger partial charge in [0.15, 0.2) is 8.68 Å². The van der Waals surface area contributed by atoms with Gasteiger partial charge in [-0.2, -0.15) is 0 Å². The van der Waals surface area contributed by atoms with Crippen LogP contribution in [-0.2, 0) is 0 Å². The molecule has 0 radical (unpaired) electrons. The van der Waals surface area contributed by atoms with Crippen LogP contribution in [0.25, 0.3) is 0 Å². The molecule has 7 heteroatoms. The molecule has 0 aliphatic rings. The molecule has 0 saturated heterocycles. The van der Waals surface area contributed by atoms with Gasteiger partial charge < -0.3 is 0 Å². The first-order valence-corrected chi connectivity index (χ1v) is 9.05. The van der Waals surface area contributed by atoms with Crippen LogP contribution >= 0.6 is 34.9 Å². The normalized spacial score (nSPS) is 10.4. The van der Waals surface area contributed by atoms with Crippen molar-refractivity contribution in [3.05, 3.63) is 71.8 Å². The van der Waals surface area contributed by atoms with Gasteiger partial charge in [-0.3, -0.25) is 9.59 Å². The van der Waals surface area contributed by atoms with Gasteiger partial charge in [0.05, 0.1) is 0 Å². The lowest BCUT2D eigenvalue weighted by Gasteiger charge is -1.96. The van der Waals surface area contributed by atoms with Crippen LogP contribution < -0.4 is 0 Å². The monoisotopic (exact) mass is 358 g/mol. The molecule has 0 amide bonds. The molecule has 0 unspecified atom stereocenters. The Morgan fingerprint density at radius 2 is 1.09 bits per heavy atom. The van der Waals surface area contributed by atoms with Crippen LogP contribution in [0.15, 0.2) is 69.3 Å². The summed E-state index contributed by atoms with van der Waals surface area (Å²) in [5, 5.41) is 7.75. The molecule has 1 heterocycles. The molecule has 0 aliphatic heterocycles. The summed E-state index contributed by atoms with van der Waals surface area (Å²) in [5.74, 6) is 0. The summed E-state index contributed by atoms with van der Waals surface area (Å²) in [6.07, 6.45) is 0. The van der Waals surface area contributed by atoms with Crippen molar-refractivity contribution in [3.63, 3.8) is 0 Å². The number of hydrogen-bond acceptors (Lipinski definition) is 7. The molecular weight excluding hydrogens is 348 g/mol. The maximum Gasteiger partial charge on any atom is 0.226 e. The van der Waals surface area contributed by atoms with Gasteiger partial charge in [0.25, 0.3) is 0 Å². The Bertz CT molecular complexity index is 752. The standard InChI is InChI=1S/C16H10N2O2S3/c19-13(11-7-3-1-4-8-11)21-15-17-18-16(23-15)22-14(20)12-9-5-2-6-10-12/h1-10H. The summed E-state index contributed by atoms with van der Waals surface area (Å²) in [5.41, 5.74) is 1.23. The lowest BCUT2D eigenvalue weighted by Crippen LogP contribution is -1.91. The van der Waals surface area contributed by atoms with E-state index in [2.05, 4.69) is 10.2 Å². The van der Waals surface area contributed by atoms with E-state index in [0.717, 1.165) is 23.5 Å². The van der Waals surface area contributed by atoms with Crippen LogP contribution in [0.3, 0.4) is 0 Å². The van der Waals surface area contributed by atoms with Gasteiger partial charge in [-0.15, -0.1) is 10.2 Å². The molecular formula is C16H10N2O2S3. The van der Waals surface area contributed by atoms with E-state index in [-0.39, 0.29) is 10.2 Å². The van der Waals surface area contributed by atoms with Gasteiger partial charge in [0.1, 0.15) is 0 Å². The molecule has 0 atom stereocenters. The van der Waals surface area contributed by atoms with Crippen LogP contribution in [0.5, 0.6) is 0 Å². The number of hydrogen-bond donors (Lipinski definition) is 0. The van der Waals surface area contributed by atoms with Crippen LogP contribution in [0, 0.1) is 0 Å². The van der Waals surface area contributed by atoms with Crippen LogP contribution in [0.4, 0.5) is 0 Å². The van der Waals surface area contributed by atoms with E-state index < -0.39 is 0 Å². The molecule has 0 aliphatic carbocycles. The highest BCUT2D eigenvalue weighted by Crippen LogP contribution is 2.32. The minimum Gasteiger partial charge on any atom is -0.281 e. The fourth-order valence-electron chi connectivity index (χ4n) is 1.70. The van der Waals surface area contributed by atoms with Crippen molar-refractivity contribution >= 4 is 45.1 Å². The van der Waals surface area contributed by atoms with Crippen molar-refractivity contribution in [2.24, 2.45) is 0 Å². The second-order valence-corrected chi connectivity index (χ2v) is 7.76. The van der Waals surface area contributed by atoms with Crippen molar-refractivity contribution in [1.29, 1.82) is 0 Å². The second kappa shape index (κ2) is 7.54. The Kier molecular flexibility index (Phi) is 5.22. The zero-order valence-corrected chi connectivity index (χ0v) is 14.2. The third-order valence-electron chi connectivity index (χ3n) is 2.77. The van der Waals surface area contributed by atoms with Gasteiger partial charge in [-0.25, -0.2) is 0 Å². The Hall–Kier alpha value is -1.96. The molecule has 0 fully saturated rings. The molecule has 0 bridgehead atoms. The lowest BCUT2D eigenvalue weighted by atomic mass is 10.2. The van der Waals surface area contributed by atoms with E-state index in [1.54, 1.807) is 24.3 Å². The third-order valence-corrected chi connectivity index (χ3v) is 5.63. The highest BCUT2D eigenvalue weighted by molar-refractivity contribution is 8.17. The fraction of sp³-hybridized carbons (Fsp3) is 0. The molecule has 4 nitrogen and oxygen atoms in total. The topological polar surface area (TPSA) is 59.9 Å². The van der Waals surface area contributed by atoms with Crippen molar-refractivity contribution in [3.8, 4) is 0 Å². The molecule has 1 aromatic heterocycles. The number of nitrogens with zero attached hydrogens (tertiary/aromatic N) is 2. The second-order valence-electron chi connectivity index (χ2n) is 4.34. The van der Waals surface area contributed by atoms with E-state index in [1.807, 2.05) is 36.4 Å². The van der Waals surface area contributed by atoms with Gasteiger partial charge in [-0.1, -0.05) is 72.0 Å². The quantitative estimate of drug-likeness (QED) is 0.644. The highest BCUT2D eigenvalue weighted by Gasteiger charge is 2.15. The van der Waals surface area contributed by atoms with Crippen molar-refractivity contribution in [2.75, 3.05) is 0 Å². The van der Waals surface area contributed by atoms with E-state index in [0.29, 0.717) is 19.8 Å². The summed E-state index contributed by atoms with van der Waals surface area (Å²) in [6.45, 7) is 0. The molecule has 23 heavy (non-hydrogen) atoms. The maximum absolute atomic E-state index is 12.1.